The highest BCUT2D eigenvalue weighted by molar-refractivity contribution is 6.30. The number of ether oxygens (including phenoxy) is 1. The Kier molecular flexibility index (Phi) is 5.21. The van der Waals surface area contributed by atoms with Crippen LogP contribution in [0.15, 0.2) is 59.6 Å². The average molecular weight is 435 g/mol. The van der Waals surface area contributed by atoms with Gasteiger partial charge < -0.3 is 4.74 Å². The number of allylic oxidation sites excluding steroid dienone is 2. The predicted octanol–water partition coefficient (Wildman–Crippen LogP) is 6.32. The molecule has 30 heavy (non-hydrogen) atoms. The molecule has 0 radical (unpaired) electrons. The molecule has 0 bridgehead atoms. The molecule has 2 aliphatic carbocycles. The Morgan fingerprint density at radius 1 is 1.10 bits per heavy atom. The number of hydrogen-bond donors (Lipinski definition) is 0. The molecule has 2 aromatic rings. The topological polar surface area (TPSA) is 26.3 Å². The fraction of sp³-hybridized carbons (Fsp3) is 0.375. The lowest BCUT2D eigenvalue weighted by Gasteiger charge is -2.12. The highest BCUT2D eigenvalue weighted by Gasteiger charge is 2.62. The van der Waals surface area contributed by atoms with E-state index in [1.165, 1.54) is 0 Å². The number of alkyl halides is 3. The average Bonchev–Trinajstić information content (AvgIpc) is 3.01. The maximum atomic E-state index is 12.8. The van der Waals surface area contributed by atoms with Crippen molar-refractivity contribution < 1.29 is 22.7 Å². The normalized spacial score (nSPS) is 25.0. The Bertz CT molecular complexity index is 995. The first-order valence-corrected chi connectivity index (χ1v) is 10.3. The third-order valence-corrected chi connectivity index (χ3v) is 6.62. The van der Waals surface area contributed by atoms with Gasteiger partial charge in [-0.1, -0.05) is 80.1 Å². The summed E-state index contributed by atoms with van der Waals surface area (Å²) in [5, 5.41) is -1.18. The van der Waals surface area contributed by atoms with E-state index < -0.39 is 34.4 Å². The molecule has 4 rings (SSSR count). The van der Waals surface area contributed by atoms with E-state index in [1.807, 2.05) is 42.5 Å². The van der Waals surface area contributed by atoms with Gasteiger partial charge in [0, 0.05) is 12.8 Å². The summed E-state index contributed by atoms with van der Waals surface area (Å²) in [5.41, 5.74) is 3.92. The Labute approximate surface area is 178 Å². The standard InChI is InChI=1S/C24H22ClF3O2/c1-23(2)19(13-20(25)24(26,27)28)21(23)22(29)30-16-11-15-9-6-10-17(18(15)12-16)14-7-4-3-5-8-14/h3-10,13,16,19,21H,11-12H2,1-2H3/t16-,19+,21+/m1/s1. The highest BCUT2D eigenvalue weighted by atomic mass is 35.5. The quantitative estimate of drug-likeness (QED) is 0.526. The minimum atomic E-state index is -4.60. The van der Waals surface area contributed by atoms with Crippen LogP contribution < -0.4 is 0 Å². The second kappa shape index (κ2) is 7.45. The van der Waals surface area contributed by atoms with Crippen molar-refractivity contribution in [3.8, 4) is 11.1 Å². The lowest BCUT2D eigenvalue weighted by molar-refractivity contribution is -0.151. The molecule has 2 aromatic carbocycles. The molecule has 0 aromatic heterocycles. The molecule has 158 valence electrons. The van der Waals surface area contributed by atoms with Crippen LogP contribution in [0.5, 0.6) is 0 Å². The summed E-state index contributed by atoms with van der Waals surface area (Å²) < 4.78 is 44.0. The van der Waals surface area contributed by atoms with Crippen molar-refractivity contribution in [2.75, 3.05) is 0 Å². The summed E-state index contributed by atoms with van der Waals surface area (Å²) in [6.45, 7) is 3.52. The van der Waals surface area contributed by atoms with E-state index >= 15 is 0 Å². The van der Waals surface area contributed by atoms with E-state index in [1.54, 1.807) is 13.8 Å². The highest BCUT2D eigenvalue weighted by Crippen LogP contribution is 2.60. The zero-order chi connectivity index (χ0) is 21.7. The summed E-state index contributed by atoms with van der Waals surface area (Å²) >= 11 is 5.38. The first kappa shape index (κ1) is 21.0. The van der Waals surface area contributed by atoms with Crippen molar-refractivity contribution in [2.24, 2.45) is 17.3 Å². The minimum absolute atomic E-state index is 0.309. The first-order chi connectivity index (χ1) is 14.1. The number of carbonyl (C=O) groups is 1. The summed E-state index contributed by atoms with van der Waals surface area (Å²) in [6.07, 6.45) is -2.75. The van der Waals surface area contributed by atoms with Crippen LogP contribution in [0.4, 0.5) is 13.2 Å². The summed E-state index contributed by atoms with van der Waals surface area (Å²) in [6, 6.07) is 16.1. The monoisotopic (exact) mass is 434 g/mol. The van der Waals surface area contributed by atoms with Gasteiger partial charge in [-0.3, -0.25) is 4.79 Å². The van der Waals surface area contributed by atoms with Gasteiger partial charge in [-0.15, -0.1) is 0 Å². The SMILES string of the molecule is CC1(C)[C@H](C(=O)O[C@@H]2Cc3cccc(-c4ccccc4)c3C2)[C@@H]1C=C(Cl)C(F)(F)F. The number of halogens is 4. The molecule has 6 heteroatoms. The van der Waals surface area contributed by atoms with Gasteiger partial charge in [-0.05, 0) is 33.6 Å². The fourth-order valence-corrected chi connectivity index (χ4v) is 4.65. The van der Waals surface area contributed by atoms with Gasteiger partial charge in [0.1, 0.15) is 11.1 Å². The molecule has 2 aliphatic rings. The third kappa shape index (κ3) is 3.87. The van der Waals surface area contributed by atoms with Gasteiger partial charge in [0.05, 0.1) is 5.92 Å². The van der Waals surface area contributed by atoms with Crippen molar-refractivity contribution >= 4 is 17.6 Å². The third-order valence-electron chi connectivity index (χ3n) is 6.28. The van der Waals surface area contributed by atoms with E-state index in [0.29, 0.717) is 12.8 Å². The molecule has 0 saturated heterocycles. The van der Waals surface area contributed by atoms with Crippen LogP contribution in [0.3, 0.4) is 0 Å². The molecule has 3 atom stereocenters. The van der Waals surface area contributed by atoms with Gasteiger partial charge in [0.25, 0.3) is 0 Å². The fourth-order valence-electron chi connectivity index (χ4n) is 4.51. The van der Waals surface area contributed by atoms with Gasteiger partial charge in [0.2, 0.25) is 0 Å². The molecular weight excluding hydrogens is 413 g/mol. The number of rotatable bonds is 4. The Morgan fingerprint density at radius 2 is 1.80 bits per heavy atom. The van der Waals surface area contributed by atoms with Crippen molar-refractivity contribution in [3.05, 3.63) is 70.8 Å². The van der Waals surface area contributed by atoms with Gasteiger partial charge >= 0.3 is 12.1 Å². The molecule has 0 heterocycles. The zero-order valence-corrected chi connectivity index (χ0v) is 17.4. The Hall–Kier alpha value is -2.27. The largest absolute Gasteiger partial charge is 0.461 e. The predicted molar refractivity (Wildman–Crippen MR) is 110 cm³/mol. The van der Waals surface area contributed by atoms with Crippen molar-refractivity contribution in [1.82, 2.24) is 0 Å². The molecule has 0 aliphatic heterocycles. The van der Waals surface area contributed by atoms with Crippen LogP contribution in [-0.4, -0.2) is 18.2 Å². The van der Waals surface area contributed by atoms with Crippen molar-refractivity contribution in [2.45, 2.75) is 39.0 Å². The Morgan fingerprint density at radius 3 is 2.47 bits per heavy atom. The van der Waals surface area contributed by atoms with Crippen LogP contribution in [0.2, 0.25) is 0 Å². The number of esters is 1. The minimum Gasteiger partial charge on any atom is -0.461 e. The van der Waals surface area contributed by atoms with Crippen LogP contribution in [0.25, 0.3) is 11.1 Å². The Balaban J connectivity index is 1.47. The smallest absolute Gasteiger partial charge is 0.426 e. The van der Waals surface area contributed by atoms with E-state index in [4.69, 9.17) is 16.3 Å². The lowest BCUT2D eigenvalue weighted by atomic mass is 9.97. The molecule has 1 saturated carbocycles. The van der Waals surface area contributed by atoms with Crippen LogP contribution in [-0.2, 0) is 22.4 Å². The van der Waals surface area contributed by atoms with E-state index in [2.05, 4.69) is 6.07 Å². The summed E-state index contributed by atoms with van der Waals surface area (Å²) in [5.74, 6) is -1.65. The van der Waals surface area contributed by atoms with Crippen LogP contribution in [0.1, 0.15) is 25.0 Å². The van der Waals surface area contributed by atoms with Gasteiger partial charge in [-0.2, -0.15) is 13.2 Å². The summed E-state index contributed by atoms with van der Waals surface area (Å²) in [4.78, 5) is 12.7. The maximum absolute atomic E-state index is 12.8. The van der Waals surface area contributed by atoms with Crippen LogP contribution >= 0.6 is 11.6 Å². The maximum Gasteiger partial charge on any atom is 0.426 e. The van der Waals surface area contributed by atoms with Crippen LogP contribution in [0, 0.1) is 17.3 Å². The second-order valence-corrected chi connectivity index (χ2v) is 9.02. The number of hydrogen-bond acceptors (Lipinski definition) is 2. The molecule has 1 fully saturated rings. The number of carbonyl (C=O) groups excluding carboxylic acids is 1. The first-order valence-electron chi connectivity index (χ1n) is 9.90. The zero-order valence-electron chi connectivity index (χ0n) is 16.7. The summed E-state index contributed by atoms with van der Waals surface area (Å²) in [7, 11) is 0. The van der Waals surface area contributed by atoms with E-state index in [-0.39, 0.29) is 6.10 Å². The molecule has 0 unspecified atom stereocenters. The van der Waals surface area contributed by atoms with Gasteiger partial charge in [0.15, 0.2) is 0 Å². The molecule has 0 spiro atoms. The second-order valence-electron chi connectivity index (χ2n) is 8.61. The van der Waals surface area contributed by atoms with Crippen molar-refractivity contribution in [1.29, 1.82) is 0 Å². The molecule has 0 amide bonds. The molecule has 2 nitrogen and oxygen atoms in total. The molecular formula is C24H22ClF3O2. The number of fused-ring (bicyclic) bond motifs is 1. The number of benzene rings is 2. The van der Waals surface area contributed by atoms with Gasteiger partial charge in [-0.25, -0.2) is 0 Å². The van der Waals surface area contributed by atoms with E-state index in [9.17, 15) is 18.0 Å². The molecule has 0 N–H and O–H groups in total. The lowest BCUT2D eigenvalue weighted by Crippen LogP contribution is -2.21. The van der Waals surface area contributed by atoms with Crippen molar-refractivity contribution in [3.63, 3.8) is 0 Å². The van der Waals surface area contributed by atoms with E-state index in [0.717, 1.165) is 28.3 Å².